The minimum atomic E-state index is 0.681. The van der Waals surface area contributed by atoms with Crippen LogP contribution in [0.1, 0.15) is 5.56 Å². The largest absolute Gasteiger partial charge is 0.497 e. The third-order valence-corrected chi connectivity index (χ3v) is 4.32. The van der Waals surface area contributed by atoms with Crippen LogP contribution in [0, 0.1) is 0 Å². The van der Waals surface area contributed by atoms with Crippen LogP contribution >= 0.6 is 0 Å². The number of ether oxygens (including phenoxy) is 1. The Kier molecular flexibility index (Phi) is 4.51. The average molecular weight is 344 g/mol. The van der Waals surface area contributed by atoms with Crippen molar-refractivity contribution >= 4 is 11.6 Å². The molecule has 4 rings (SSSR count). The molecular weight excluding hydrogens is 324 g/mol. The number of methoxy groups -OCH3 is 1. The molecule has 5 heteroatoms. The maximum absolute atomic E-state index is 5.25. The smallest absolute Gasteiger partial charge is 0.235 e. The molecule has 130 valence electrons. The summed E-state index contributed by atoms with van der Waals surface area (Å²) in [6, 6.07) is 20.3. The molecule has 0 saturated heterocycles. The van der Waals surface area contributed by atoms with Crippen molar-refractivity contribution in [3.05, 3.63) is 78.6 Å². The first-order valence-electron chi connectivity index (χ1n) is 8.60. The quantitative estimate of drug-likeness (QED) is 0.573. The molecule has 0 fully saturated rings. The summed E-state index contributed by atoms with van der Waals surface area (Å²) in [5.41, 5.74) is 3.22. The fourth-order valence-electron chi connectivity index (χ4n) is 2.98. The van der Waals surface area contributed by atoms with Crippen LogP contribution in [0.25, 0.3) is 17.0 Å². The highest BCUT2D eigenvalue weighted by Crippen LogP contribution is 2.29. The van der Waals surface area contributed by atoms with Crippen LogP contribution < -0.4 is 10.1 Å². The summed E-state index contributed by atoms with van der Waals surface area (Å²) in [4.78, 5) is 9.09. The van der Waals surface area contributed by atoms with Crippen molar-refractivity contribution in [2.75, 3.05) is 19.0 Å². The van der Waals surface area contributed by atoms with Crippen molar-refractivity contribution in [1.29, 1.82) is 0 Å². The van der Waals surface area contributed by atoms with E-state index in [4.69, 9.17) is 9.72 Å². The lowest BCUT2D eigenvalue weighted by Crippen LogP contribution is -2.07. The second kappa shape index (κ2) is 7.27. The van der Waals surface area contributed by atoms with Crippen molar-refractivity contribution in [2.24, 2.45) is 0 Å². The summed E-state index contributed by atoms with van der Waals surface area (Å²) < 4.78 is 7.25. The first-order chi connectivity index (χ1) is 12.8. The lowest BCUT2D eigenvalue weighted by molar-refractivity contribution is 0.415. The van der Waals surface area contributed by atoms with Crippen molar-refractivity contribution in [1.82, 2.24) is 14.4 Å². The van der Waals surface area contributed by atoms with E-state index in [0.717, 1.165) is 35.8 Å². The second-order valence-corrected chi connectivity index (χ2v) is 5.99. The van der Waals surface area contributed by atoms with E-state index >= 15 is 0 Å². The Bertz CT molecular complexity index is 994. The van der Waals surface area contributed by atoms with Gasteiger partial charge >= 0.3 is 0 Å². The summed E-state index contributed by atoms with van der Waals surface area (Å²) in [6.07, 6.45) is 4.68. The van der Waals surface area contributed by atoms with E-state index in [1.807, 2.05) is 47.0 Å². The van der Waals surface area contributed by atoms with Gasteiger partial charge in [-0.1, -0.05) is 30.3 Å². The Balaban J connectivity index is 1.65. The molecule has 0 atom stereocenters. The van der Waals surface area contributed by atoms with Gasteiger partial charge in [0.15, 0.2) is 0 Å². The van der Waals surface area contributed by atoms with Crippen LogP contribution in [0.2, 0.25) is 0 Å². The molecule has 0 amide bonds. The lowest BCUT2D eigenvalue weighted by atomic mass is 10.1. The number of rotatable bonds is 6. The third kappa shape index (κ3) is 3.24. The van der Waals surface area contributed by atoms with E-state index in [9.17, 15) is 0 Å². The molecule has 5 nitrogen and oxygen atoms in total. The van der Waals surface area contributed by atoms with Crippen molar-refractivity contribution < 1.29 is 4.74 Å². The standard InChI is InChI=1S/C21H20N4O/c1-26-18-10-8-17(9-11-18)19-20(25-15-5-13-23-21(25)24-19)22-14-12-16-6-3-2-4-7-16/h2-11,13,15,22H,12,14H2,1H3. The number of fused-ring (bicyclic) bond motifs is 1. The molecule has 0 radical (unpaired) electrons. The molecule has 0 saturated carbocycles. The number of nitrogens with zero attached hydrogens (tertiary/aromatic N) is 3. The zero-order valence-corrected chi connectivity index (χ0v) is 14.6. The molecule has 1 N–H and O–H groups in total. The lowest BCUT2D eigenvalue weighted by Gasteiger charge is -2.09. The highest BCUT2D eigenvalue weighted by atomic mass is 16.5. The summed E-state index contributed by atoms with van der Waals surface area (Å²) in [5, 5.41) is 3.54. The molecule has 0 aliphatic carbocycles. The predicted molar refractivity (Wildman–Crippen MR) is 104 cm³/mol. The van der Waals surface area contributed by atoms with E-state index in [1.165, 1.54) is 5.56 Å². The van der Waals surface area contributed by atoms with Crippen molar-refractivity contribution in [3.63, 3.8) is 0 Å². The molecule has 0 unspecified atom stereocenters. The van der Waals surface area contributed by atoms with Gasteiger partial charge < -0.3 is 10.1 Å². The number of hydrogen-bond acceptors (Lipinski definition) is 4. The van der Waals surface area contributed by atoms with Gasteiger partial charge in [0.25, 0.3) is 0 Å². The average Bonchev–Trinajstić information content (AvgIpc) is 3.08. The Morgan fingerprint density at radius 2 is 1.81 bits per heavy atom. The van der Waals surface area contributed by atoms with Crippen LogP contribution in [0.5, 0.6) is 5.75 Å². The maximum atomic E-state index is 5.25. The molecule has 2 aromatic heterocycles. The first kappa shape index (κ1) is 16.1. The maximum Gasteiger partial charge on any atom is 0.235 e. The van der Waals surface area contributed by atoms with E-state index in [2.05, 4.69) is 34.6 Å². The zero-order valence-electron chi connectivity index (χ0n) is 14.6. The van der Waals surface area contributed by atoms with Gasteiger partial charge in [0.1, 0.15) is 17.3 Å². The van der Waals surface area contributed by atoms with Gasteiger partial charge in [0, 0.05) is 24.5 Å². The first-order valence-corrected chi connectivity index (χ1v) is 8.60. The van der Waals surface area contributed by atoms with E-state index in [0.29, 0.717) is 5.78 Å². The number of benzene rings is 2. The Morgan fingerprint density at radius 1 is 1.00 bits per heavy atom. The molecule has 26 heavy (non-hydrogen) atoms. The molecular formula is C21H20N4O. The van der Waals surface area contributed by atoms with Crippen LogP contribution in [0.15, 0.2) is 73.1 Å². The molecule has 2 heterocycles. The monoisotopic (exact) mass is 344 g/mol. The van der Waals surface area contributed by atoms with Gasteiger partial charge in [0.05, 0.1) is 7.11 Å². The highest BCUT2D eigenvalue weighted by molar-refractivity contribution is 5.75. The molecule has 0 bridgehead atoms. The molecule has 0 aliphatic rings. The van der Waals surface area contributed by atoms with E-state index in [1.54, 1.807) is 13.3 Å². The summed E-state index contributed by atoms with van der Waals surface area (Å²) in [7, 11) is 1.67. The Hall–Kier alpha value is -3.34. The van der Waals surface area contributed by atoms with Gasteiger partial charge in [-0.15, -0.1) is 0 Å². The van der Waals surface area contributed by atoms with E-state index in [-0.39, 0.29) is 0 Å². The predicted octanol–water partition coefficient (Wildman–Crippen LogP) is 4.06. The molecule has 2 aromatic carbocycles. The number of anilines is 1. The highest BCUT2D eigenvalue weighted by Gasteiger charge is 2.14. The van der Waals surface area contributed by atoms with Gasteiger partial charge in [-0.2, -0.15) is 0 Å². The zero-order chi connectivity index (χ0) is 17.8. The fourth-order valence-corrected chi connectivity index (χ4v) is 2.98. The van der Waals surface area contributed by atoms with Crippen molar-refractivity contribution in [3.8, 4) is 17.0 Å². The van der Waals surface area contributed by atoms with Crippen LogP contribution in [0.4, 0.5) is 5.82 Å². The van der Waals surface area contributed by atoms with Gasteiger partial charge in [-0.25, -0.2) is 9.97 Å². The second-order valence-electron chi connectivity index (χ2n) is 5.99. The number of aromatic nitrogens is 3. The Labute approximate surface area is 152 Å². The minimum Gasteiger partial charge on any atom is -0.497 e. The van der Waals surface area contributed by atoms with Gasteiger partial charge in [-0.05, 0) is 42.3 Å². The molecule has 0 spiro atoms. The number of nitrogens with one attached hydrogen (secondary N) is 1. The van der Waals surface area contributed by atoms with Crippen LogP contribution in [-0.2, 0) is 6.42 Å². The SMILES string of the molecule is COc1ccc(-c2nc3ncccn3c2NCCc2ccccc2)cc1. The number of hydrogen-bond donors (Lipinski definition) is 1. The van der Waals surface area contributed by atoms with Gasteiger partial charge in [0.2, 0.25) is 5.78 Å². The van der Waals surface area contributed by atoms with E-state index < -0.39 is 0 Å². The van der Waals surface area contributed by atoms with Crippen molar-refractivity contribution in [2.45, 2.75) is 6.42 Å². The van der Waals surface area contributed by atoms with Gasteiger partial charge in [-0.3, -0.25) is 4.40 Å². The fraction of sp³-hybridized carbons (Fsp3) is 0.143. The summed E-state index contributed by atoms with van der Waals surface area (Å²) in [5.74, 6) is 2.46. The summed E-state index contributed by atoms with van der Waals surface area (Å²) in [6.45, 7) is 0.815. The number of imidazole rings is 1. The molecule has 4 aromatic rings. The van der Waals surface area contributed by atoms with Crippen LogP contribution in [-0.4, -0.2) is 28.0 Å². The minimum absolute atomic E-state index is 0.681. The summed E-state index contributed by atoms with van der Waals surface area (Å²) >= 11 is 0. The van der Waals surface area contributed by atoms with Crippen LogP contribution in [0.3, 0.4) is 0 Å². The third-order valence-electron chi connectivity index (χ3n) is 4.32. The topological polar surface area (TPSA) is 51.5 Å². The molecule has 0 aliphatic heterocycles. The Morgan fingerprint density at radius 3 is 2.58 bits per heavy atom. The normalized spacial score (nSPS) is 10.8.